The highest BCUT2D eigenvalue weighted by molar-refractivity contribution is 5.94. The Morgan fingerprint density at radius 3 is 2.28 bits per heavy atom. The molecule has 7 heteroatoms. The normalized spacial score (nSPS) is 10.1. The van der Waals surface area contributed by atoms with Crippen LogP contribution in [0.5, 0.6) is 0 Å². The van der Waals surface area contributed by atoms with E-state index in [1.807, 2.05) is 48.5 Å². The molecule has 0 unspecified atom stereocenters. The number of pyridine rings is 1. The zero-order valence-electron chi connectivity index (χ0n) is 13.5. The number of nitrogens with one attached hydrogen (secondary N) is 3. The van der Waals surface area contributed by atoms with E-state index in [1.165, 1.54) is 0 Å². The van der Waals surface area contributed by atoms with Crippen LogP contribution in [0.1, 0.15) is 10.4 Å². The third-order valence-electron chi connectivity index (χ3n) is 3.34. The molecule has 0 aliphatic carbocycles. The van der Waals surface area contributed by atoms with Crippen molar-refractivity contribution in [2.24, 2.45) is 0 Å². The van der Waals surface area contributed by atoms with Gasteiger partial charge in [0.15, 0.2) is 5.82 Å². The molecule has 2 aromatic heterocycles. The average Bonchev–Trinajstić information content (AvgIpc) is 2.68. The molecular weight excluding hydrogens is 316 g/mol. The fourth-order valence-corrected chi connectivity index (χ4v) is 2.12. The largest absolute Gasteiger partial charge is 0.367 e. The van der Waals surface area contributed by atoms with Gasteiger partial charge in [-0.25, -0.2) is 4.98 Å². The molecule has 0 aliphatic heterocycles. The van der Waals surface area contributed by atoms with Crippen LogP contribution in [0, 0.1) is 0 Å². The zero-order chi connectivity index (χ0) is 17.3. The van der Waals surface area contributed by atoms with Crippen molar-refractivity contribution in [3.05, 3.63) is 72.4 Å². The lowest BCUT2D eigenvalue weighted by atomic mass is 10.2. The van der Waals surface area contributed by atoms with Crippen molar-refractivity contribution in [3.8, 4) is 0 Å². The van der Waals surface area contributed by atoms with Crippen LogP contribution in [-0.4, -0.2) is 34.2 Å². The van der Waals surface area contributed by atoms with Gasteiger partial charge in [0.05, 0.1) is 0 Å². The maximum atomic E-state index is 11.9. The molecule has 0 spiro atoms. The molecule has 7 nitrogen and oxygen atoms in total. The number of nitrogens with zero attached hydrogens (tertiary/aromatic N) is 3. The third-order valence-corrected chi connectivity index (χ3v) is 3.34. The van der Waals surface area contributed by atoms with Gasteiger partial charge in [-0.05, 0) is 36.4 Å². The third kappa shape index (κ3) is 5.00. The van der Waals surface area contributed by atoms with Crippen molar-refractivity contribution in [1.82, 2.24) is 20.5 Å². The zero-order valence-corrected chi connectivity index (χ0v) is 13.5. The smallest absolute Gasteiger partial charge is 0.251 e. The summed E-state index contributed by atoms with van der Waals surface area (Å²) < 4.78 is 0. The summed E-state index contributed by atoms with van der Waals surface area (Å²) in [6.45, 7) is 1.05. The topological polar surface area (TPSA) is 91.8 Å². The predicted molar refractivity (Wildman–Crippen MR) is 96.8 cm³/mol. The molecule has 25 heavy (non-hydrogen) atoms. The van der Waals surface area contributed by atoms with Gasteiger partial charge >= 0.3 is 0 Å². The number of rotatable bonds is 7. The summed E-state index contributed by atoms with van der Waals surface area (Å²) in [6.07, 6.45) is 1.70. The predicted octanol–water partition coefficient (Wildman–Crippen LogP) is 2.46. The molecule has 1 amide bonds. The van der Waals surface area contributed by atoms with Gasteiger partial charge in [0.25, 0.3) is 5.91 Å². The minimum atomic E-state index is -0.0941. The number of benzene rings is 1. The van der Waals surface area contributed by atoms with Crippen LogP contribution >= 0.6 is 0 Å². The maximum Gasteiger partial charge on any atom is 0.251 e. The summed E-state index contributed by atoms with van der Waals surface area (Å²) in [5, 5.41) is 17.2. The molecule has 0 fully saturated rings. The fraction of sp³-hybridized carbons (Fsp3) is 0.111. The van der Waals surface area contributed by atoms with E-state index in [4.69, 9.17) is 0 Å². The summed E-state index contributed by atoms with van der Waals surface area (Å²) in [5.41, 5.74) is 0.646. The van der Waals surface area contributed by atoms with E-state index in [0.29, 0.717) is 36.1 Å². The highest BCUT2D eigenvalue weighted by Gasteiger charge is 2.03. The standard InChI is InChI=1S/C18H18N6O/c25-18(14-6-2-1-3-7-14)21-13-12-20-16-9-10-17(24-23-16)22-15-8-4-5-11-19-15/h1-11H,12-13H2,(H,20,23)(H,21,25)(H,19,22,24). The average molecular weight is 334 g/mol. The molecule has 0 atom stereocenters. The van der Waals surface area contributed by atoms with Crippen LogP contribution in [0.15, 0.2) is 66.9 Å². The molecule has 0 saturated heterocycles. The summed E-state index contributed by atoms with van der Waals surface area (Å²) in [5.74, 6) is 1.87. The lowest BCUT2D eigenvalue weighted by Crippen LogP contribution is -2.28. The van der Waals surface area contributed by atoms with Gasteiger partial charge in [0, 0.05) is 24.8 Å². The molecule has 3 rings (SSSR count). The monoisotopic (exact) mass is 334 g/mol. The van der Waals surface area contributed by atoms with Crippen LogP contribution in [0.3, 0.4) is 0 Å². The Morgan fingerprint density at radius 1 is 0.800 bits per heavy atom. The van der Waals surface area contributed by atoms with E-state index in [-0.39, 0.29) is 5.91 Å². The van der Waals surface area contributed by atoms with E-state index >= 15 is 0 Å². The van der Waals surface area contributed by atoms with E-state index < -0.39 is 0 Å². The number of aromatic nitrogens is 3. The molecule has 0 aliphatic rings. The van der Waals surface area contributed by atoms with Gasteiger partial charge in [0.1, 0.15) is 11.6 Å². The number of amides is 1. The maximum absolute atomic E-state index is 11.9. The summed E-state index contributed by atoms with van der Waals surface area (Å²) in [6, 6.07) is 18.3. The van der Waals surface area contributed by atoms with Gasteiger partial charge < -0.3 is 16.0 Å². The molecular formula is C18H18N6O. The van der Waals surface area contributed by atoms with E-state index in [2.05, 4.69) is 31.1 Å². The Bertz CT molecular complexity index is 793. The first kappa shape index (κ1) is 16.4. The van der Waals surface area contributed by atoms with Gasteiger partial charge in [-0.15, -0.1) is 10.2 Å². The Labute approximate surface area is 145 Å². The first-order valence-corrected chi connectivity index (χ1v) is 7.90. The fourth-order valence-electron chi connectivity index (χ4n) is 2.12. The van der Waals surface area contributed by atoms with Gasteiger partial charge in [-0.2, -0.15) is 0 Å². The van der Waals surface area contributed by atoms with Crippen LogP contribution in [0.25, 0.3) is 0 Å². The van der Waals surface area contributed by atoms with Crippen molar-refractivity contribution in [3.63, 3.8) is 0 Å². The first-order valence-electron chi connectivity index (χ1n) is 7.90. The molecule has 126 valence electrons. The molecule has 0 saturated carbocycles. The second-order valence-electron chi connectivity index (χ2n) is 5.19. The van der Waals surface area contributed by atoms with Crippen LogP contribution < -0.4 is 16.0 Å². The Balaban J connectivity index is 1.42. The number of hydrogen-bond acceptors (Lipinski definition) is 6. The summed E-state index contributed by atoms with van der Waals surface area (Å²) >= 11 is 0. The number of hydrogen-bond donors (Lipinski definition) is 3. The summed E-state index contributed by atoms with van der Waals surface area (Å²) in [4.78, 5) is 16.1. The Kier molecular flexibility index (Phi) is 5.50. The van der Waals surface area contributed by atoms with Crippen molar-refractivity contribution in [2.45, 2.75) is 0 Å². The highest BCUT2D eigenvalue weighted by Crippen LogP contribution is 2.11. The lowest BCUT2D eigenvalue weighted by molar-refractivity contribution is 0.0955. The lowest BCUT2D eigenvalue weighted by Gasteiger charge is -2.08. The van der Waals surface area contributed by atoms with Crippen molar-refractivity contribution in [2.75, 3.05) is 23.7 Å². The molecule has 3 aromatic rings. The van der Waals surface area contributed by atoms with Gasteiger partial charge in [-0.3, -0.25) is 4.79 Å². The van der Waals surface area contributed by atoms with Crippen molar-refractivity contribution in [1.29, 1.82) is 0 Å². The van der Waals surface area contributed by atoms with Crippen molar-refractivity contribution < 1.29 is 4.79 Å². The molecule has 3 N–H and O–H groups in total. The Morgan fingerprint density at radius 2 is 1.56 bits per heavy atom. The SMILES string of the molecule is O=C(NCCNc1ccc(Nc2ccccn2)nn1)c1ccccc1. The van der Waals surface area contributed by atoms with Gasteiger partial charge in [0.2, 0.25) is 0 Å². The number of anilines is 3. The molecule has 2 heterocycles. The van der Waals surface area contributed by atoms with Gasteiger partial charge in [-0.1, -0.05) is 24.3 Å². The Hall–Kier alpha value is -3.48. The van der Waals surface area contributed by atoms with Crippen LogP contribution in [0.4, 0.5) is 17.5 Å². The highest BCUT2D eigenvalue weighted by atomic mass is 16.1. The quantitative estimate of drug-likeness (QED) is 0.575. The van der Waals surface area contributed by atoms with Crippen LogP contribution in [0.2, 0.25) is 0 Å². The second-order valence-corrected chi connectivity index (χ2v) is 5.19. The van der Waals surface area contributed by atoms with E-state index in [1.54, 1.807) is 18.3 Å². The van der Waals surface area contributed by atoms with Crippen molar-refractivity contribution >= 4 is 23.4 Å². The molecule has 0 bridgehead atoms. The van der Waals surface area contributed by atoms with Crippen LogP contribution in [-0.2, 0) is 0 Å². The number of carbonyl (C=O) groups is 1. The minimum Gasteiger partial charge on any atom is -0.367 e. The second kappa shape index (κ2) is 8.39. The van der Waals surface area contributed by atoms with E-state index in [0.717, 1.165) is 0 Å². The molecule has 1 aromatic carbocycles. The number of carbonyl (C=O) groups excluding carboxylic acids is 1. The van der Waals surface area contributed by atoms with E-state index in [9.17, 15) is 4.79 Å². The summed E-state index contributed by atoms with van der Waals surface area (Å²) in [7, 11) is 0. The molecule has 0 radical (unpaired) electrons. The first-order chi connectivity index (χ1) is 12.3. The minimum absolute atomic E-state index is 0.0941.